The summed E-state index contributed by atoms with van der Waals surface area (Å²) < 4.78 is 37.4. The van der Waals surface area contributed by atoms with E-state index < -0.39 is 11.6 Å². The molecule has 1 aliphatic rings. The predicted molar refractivity (Wildman–Crippen MR) is 119 cm³/mol. The summed E-state index contributed by atoms with van der Waals surface area (Å²) in [5.41, 5.74) is 1.23. The van der Waals surface area contributed by atoms with Gasteiger partial charge < -0.3 is 9.64 Å². The fraction of sp³-hybridized carbons (Fsp3) is 0.304. The fourth-order valence-corrected chi connectivity index (χ4v) is 4.06. The van der Waals surface area contributed by atoms with Gasteiger partial charge in [0.05, 0.1) is 18.2 Å². The van der Waals surface area contributed by atoms with Gasteiger partial charge in [-0.15, -0.1) is 0 Å². The Morgan fingerprint density at radius 1 is 1.15 bits per heavy atom. The smallest absolute Gasteiger partial charge is 0.261 e. The molecule has 0 saturated carbocycles. The first-order valence-corrected chi connectivity index (χ1v) is 10.5. The number of benzene rings is 1. The van der Waals surface area contributed by atoms with Gasteiger partial charge >= 0.3 is 0 Å². The van der Waals surface area contributed by atoms with E-state index in [0.29, 0.717) is 36.7 Å². The molecule has 1 fully saturated rings. The second-order valence-corrected chi connectivity index (χ2v) is 8.13. The molecule has 3 aromatic heterocycles. The highest BCUT2D eigenvalue weighted by atomic mass is 19.1. The molecule has 0 aliphatic carbocycles. The molecule has 8 nitrogen and oxygen atoms in total. The number of pyridine rings is 1. The second-order valence-electron chi connectivity index (χ2n) is 8.13. The lowest BCUT2D eigenvalue weighted by Gasteiger charge is -2.33. The first-order chi connectivity index (χ1) is 15.8. The minimum absolute atomic E-state index is 0.0838. The maximum Gasteiger partial charge on any atom is 0.261 e. The normalized spacial score (nSPS) is 16.5. The lowest BCUT2D eigenvalue weighted by atomic mass is 10.1. The van der Waals surface area contributed by atoms with Crippen LogP contribution in [0.4, 0.5) is 14.6 Å². The van der Waals surface area contributed by atoms with Crippen molar-refractivity contribution in [2.24, 2.45) is 14.1 Å². The summed E-state index contributed by atoms with van der Waals surface area (Å²) in [5, 5.41) is 4.52. The molecule has 0 radical (unpaired) electrons. The molecule has 1 aromatic carbocycles. The number of ether oxygens (including phenoxy) is 1. The molecular formula is C23H22F2N6O2. The number of halogens is 2. The van der Waals surface area contributed by atoms with E-state index in [0.717, 1.165) is 11.6 Å². The average molecular weight is 452 g/mol. The van der Waals surface area contributed by atoms with Gasteiger partial charge in [-0.1, -0.05) is 0 Å². The minimum atomic E-state index is -0.767. The molecule has 4 aromatic rings. The van der Waals surface area contributed by atoms with Crippen molar-refractivity contribution >= 4 is 16.7 Å². The molecule has 1 unspecified atom stereocenters. The van der Waals surface area contributed by atoms with Crippen molar-refractivity contribution in [3.8, 4) is 11.3 Å². The Morgan fingerprint density at radius 3 is 2.70 bits per heavy atom. The van der Waals surface area contributed by atoms with Crippen LogP contribution in [0.2, 0.25) is 0 Å². The largest absolute Gasteiger partial charge is 0.370 e. The van der Waals surface area contributed by atoms with Crippen molar-refractivity contribution in [3.63, 3.8) is 0 Å². The molecule has 4 heterocycles. The van der Waals surface area contributed by atoms with E-state index in [1.165, 1.54) is 16.7 Å². The summed E-state index contributed by atoms with van der Waals surface area (Å²) in [6, 6.07) is 4.97. The minimum Gasteiger partial charge on any atom is -0.370 e. The van der Waals surface area contributed by atoms with Gasteiger partial charge in [0.1, 0.15) is 40.6 Å². The summed E-state index contributed by atoms with van der Waals surface area (Å²) in [4.78, 5) is 24.3. The molecule has 1 aliphatic heterocycles. The van der Waals surface area contributed by atoms with Gasteiger partial charge in [-0.2, -0.15) is 5.10 Å². The van der Waals surface area contributed by atoms with Crippen LogP contribution < -0.4 is 10.5 Å². The van der Waals surface area contributed by atoms with Gasteiger partial charge in [0, 0.05) is 50.6 Å². The first kappa shape index (κ1) is 21.2. The SMILES string of the molecule is Cc1nc2c(-c3ccc(F)cc3F)nc(N3CCOC(c4cnn(C)c4)C3)cc2c(=O)n1C. The average Bonchev–Trinajstić information content (AvgIpc) is 3.24. The van der Waals surface area contributed by atoms with Crippen LogP contribution in [0.3, 0.4) is 0 Å². The van der Waals surface area contributed by atoms with Crippen molar-refractivity contribution in [3.05, 3.63) is 70.0 Å². The van der Waals surface area contributed by atoms with E-state index in [1.54, 1.807) is 30.9 Å². The van der Waals surface area contributed by atoms with E-state index >= 15 is 0 Å². The Hall–Kier alpha value is -3.66. The molecule has 5 rings (SSSR count). The lowest BCUT2D eigenvalue weighted by Crippen LogP contribution is -2.39. The van der Waals surface area contributed by atoms with Crippen LogP contribution in [-0.4, -0.2) is 44.0 Å². The van der Waals surface area contributed by atoms with Crippen LogP contribution in [0.5, 0.6) is 0 Å². The van der Waals surface area contributed by atoms with Crippen LogP contribution in [0.1, 0.15) is 17.5 Å². The van der Waals surface area contributed by atoms with Crippen LogP contribution in [0, 0.1) is 18.6 Å². The van der Waals surface area contributed by atoms with Crippen molar-refractivity contribution < 1.29 is 13.5 Å². The van der Waals surface area contributed by atoms with Crippen LogP contribution in [-0.2, 0) is 18.8 Å². The van der Waals surface area contributed by atoms with Crippen LogP contribution in [0.15, 0.2) is 41.5 Å². The molecule has 0 spiro atoms. The van der Waals surface area contributed by atoms with E-state index in [-0.39, 0.29) is 28.4 Å². The van der Waals surface area contributed by atoms with Gasteiger partial charge in [-0.3, -0.25) is 14.0 Å². The predicted octanol–water partition coefficient (Wildman–Crippen LogP) is 2.89. The Labute approximate surface area is 188 Å². The van der Waals surface area contributed by atoms with Gasteiger partial charge in [-0.25, -0.2) is 18.7 Å². The Kier molecular flexibility index (Phi) is 5.16. The molecule has 170 valence electrons. The number of fused-ring (bicyclic) bond motifs is 1. The molecule has 1 atom stereocenters. The fourth-order valence-electron chi connectivity index (χ4n) is 4.06. The highest BCUT2D eigenvalue weighted by Gasteiger charge is 2.26. The van der Waals surface area contributed by atoms with Crippen molar-refractivity contribution in [1.82, 2.24) is 24.3 Å². The number of hydrogen-bond acceptors (Lipinski definition) is 6. The molecule has 1 saturated heterocycles. The zero-order chi connectivity index (χ0) is 23.3. The maximum atomic E-state index is 14.8. The number of nitrogens with zero attached hydrogens (tertiary/aromatic N) is 6. The molecule has 0 bridgehead atoms. The maximum absolute atomic E-state index is 14.8. The number of aryl methyl sites for hydroxylation is 2. The van der Waals surface area contributed by atoms with Crippen LogP contribution >= 0.6 is 0 Å². The molecule has 0 amide bonds. The first-order valence-electron chi connectivity index (χ1n) is 10.5. The van der Waals surface area contributed by atoms with E-state index in [1.807, 2.05) is 18.1 Å². The number of rotatable bonds is 3. The van der Waals surface area contributed by atoms with E-state index in [9.17, 15) is 13.6 Å². The summed E-state index contributed by atoms with van der Waals surface area (Å²) in [6.45, 7) is 3.17. The Bertz CT molecular complexity index is 1430. The third-order valence-corrected chi connectivity index (χ3v) is 5.95. The third kappa shape index (κ3) is 3.76. The topological polar surface area (TPSA) is 78.1 Å². The zero-order valence-corrected chi connectivity index (χ0v) is 18.4. The van der Waals surface area contributed by atoms with E-state index in [2.05, 4.69) is 10.1 Å². The lowest BCUT2D eigenvalue weighted by molar-refractivity contribution is 0.0395. The summed E-state index contributed by atoms with van der Waals surface area (Å²) in [7, 11) is 3.47. The van der Waals surface area contributed by atoms with Crippen molar-refractivity contribution in [1.29, 1.82) is 0 Å². The van der Waals surface area contributed by atoms with Gasteiger partial charge in [0.2, 0.25) is 0 Å². The summed E-state index contributed by atoms with van der Waals surface area (Å²) >= 11 is 0. The highest BCUT2D eigenvalue weighted by molar-refractivity contribution is 5.93. The number of hydrogen-bond donors (Lipinski definition) is 0. The van der Waals surface area contributed by atoms with Crippen molar-refractivity contribution in [2.75, 3.05) is 24.6 Å². The second kappa shape index (κ2) is 8.04. The summed E-state index contributed by atoms with van der Waals surface area (Å²) in [5.74, 6) is -0.490. The number of aromatic nitrogens is 5. The van der Waals surface area contributed by atoms with E-state index in [4.69, 9.17) is 9.72 Å². The highest BCUT2D eigenvalue weighted by Crippen LogP contribution is 2.32. The molecule has 0 N–H and O–H groups in total. The third-order valence-electron chi connectivity index (χ3n) is 5.95. The Morgan fingerprint density at radius 2 is 1.97 bits per heavy atom. The summed E-state index contributed by atoms with van der Waals surface area (Å²) in [6.07, 6.45) is 3.42. The molecule has 33 heavy (non-hydrogen) atoms. The number of morpholine rings is 1. The monoisotopic (exact) mass is 452 g/mol. The zero-order valence-electron chi connectivity index (χ0n) is 18.4. The van der Waals surface area contributed by atoms with Crippen molar-refractivity contribution in [2.45, 2.75) is 13.0 Å². The standard InChI is InChI=1S/C23H22F2N6O2/c1-13-27-22-17(23(32)30(13)3)9-20(28-21(22)16-5-4-15(24)8-18(16)25)31-6-7-33-19(12-31)14-10-26-29(2)11-14/h4-5,8-11,19H,6-7,12H2,1-3H3. The van der Waals surface area contributed by atoms with Gasteiger partial charge in [0.25, 0.3) is 5.56 Å². The molecular weight excluding hydrogens is 430 g/mol. The van der Waals surface area contributed by atoms with Crippen LogP contribution in [0.25, 0.3) is 22.2 Å². The van der Waals surface area contributed by atoms with Gasteiger partial charge in [-0.05, 0) is 25.1 Å². The quantitative estimate of drug-likeness (QED) is 0.476. The number of anilines is 1. The Balaban J connectivity index is 1.67. The van der Waals surface area contributed by atoms with Gasteiger partial charge in [0.15, 0.2) is 0 Å². The molecule has 10 heteroatoms.